The molecule has 11 aromatic rings. The van der Waals surface area contributed by atoms with Gasteiger partial charge in [-0.05, 0) is 52.1 Å². The number of furan rings is 1. The number of aromatic nitrogens is 2. The summed E-state index contributed by atoms with van der Waals surface area (Å²) in [5.41, 5.74) is 11.7. The van der Waals surface area contributed by atoms with E-state index in [1.165, 1.54) is 36.0 Å². The molecule has 0 saturated carbocycles. The minimum absolute atomic E-state index is 0.878. The van der Waals surface area contributed by atoms with Crippen LogP contribution in [0, 0.1) is 0 Å². The van der Waals surface area contributed by atoms with Crippen LogP contribution in [-0.2, 0) is 0 Å². The van der Waals surface area contributed by atoms with Crippen molar-refractivity contribution >= 4 is 85.2 Å². The number of hydrogen-bond acceptors (Lipinski definition) is 5. The lowest BCUT2D eigenvalue weighted by atomic mass is 9.98. The summed E-state index contributed by atoms with van der Waals surface area (Å²) in [6.07, 6.45) is 1.90. The van der Waals surface area contributed by atoms with Gasteiger partial charge in [-0.15, -0.1) is 22.7 Å². The second kappa shape index (κ2) is 11.2. The molecule has 0 atom stereocenters. The lowest BCUT2D eigenvalue weighted by Gasteiger charge is -2.07. The number of thiophene rings is 2. The molecular weight excluding hydrogens is 661 g/mol. The molecule has 7 aromatic carbocycles. The van der Waals surface area contributed by atoms with E-state index in [0.29, 0.717) is 0 Å². The highest BCUT2D eigenvalue weighted by molar-refractivity contribution is 7.26. The molecule has 11 rings (SSSR count). The third-order valence-corrected chi connectivity index (χ3v) is 12.3. The van der Waals surface area contributed by atoms with Crippen molar-refractivity contribution in [3.63, 3.8) is 0 Å². The fourth-order valence-corrected chi connectivity index (χ4v) is 9.67. The normalized spacial score (nSPS) is 11.9. The maximum Gasteiger partial charge on any atom is 0.143 e. The first-order valence-corrected chi connectivity index (χ1v) is 18.6. The van der Waals surface area contributed by atoms with Crippen molar-refractivity contribution in [2.45, 2.75) is 0 Å². The Bertz CT molecular complexity index is 2920. The molecule has 0 aliphatic rings. The maximum atomic E-state index is 6.32. The number of rotatable bonds is 4. The molecule has 4 heterocycles. The molecule has 0 saturated heterocycles. The highest BCUT2D eigenvalue weighted by Crippen LogP contribution is 2.41. The molecule has 0 radical (unpaired) electrons. The zero-order valence-electron chi connectivity index (χ0n) is 27.1. The van der Waals surface area contributed by atoms with Gasteiger partial charge in [-0.1, -0.05) is 127 Å². The van der Waals surface area contributed by atoms with Crippen molar-refractivity contribution < 1.29 is 4.42 Å². The smallest absolute Gasteiger partial charge is 0.143 e. The van der Waals surface area contributed by atoms with Gasteiger partial charge in [0.15, 0.2) is 0 Å². The lowest BCUT2D eigenvalue weighted by Crippen LogP contribution is -1.87. The fraction of sp³-hybridized carbons (Fsp3) is 0. The van der Waals surface area contributed by atoms with Gasteiger partial charge in [0.2, 0.25) is 0 Å². The topological polar surface area (TPSA) is 38.9 Å². The van der Waals surface area contributed by atoms with E-state index in [0.717, 1.165) is 71.2 Å². The van der Waals surface area contributed by atoms with Crippen molar-refractivity contribution in [3.8, 4) is 44.6 Å². The van der Waals surface area contributed by atoms with Gasteiger partial charge in [-0.25, -0.2) is 9.97 Å². The Kier molecular flexibility index (Phi) is 6.29. The summed E-state index contributed by atoms with van der Waals surface area (Å²) >= 11 is 3.55. The third kappa shape index (κ3) is 4.56. The standard InChI is InChI=1S/C46H26N2OS2/c1-3-13-40-34(7-1)36-11-5-9-32(44(36)49-40)28-17-15-27(16-18-28)31-23-24-42-38(25-31)43-46(51-42)47-26-39(48-43)30-21-19-29(20-22-30)33-10-6-12-37-35-8-2-4-14-41(35)50-45(33)37/h1-26H. The maximum absolute atomic E-state index is 6.32. The summed E-state index contributed by atoms with van der Waals surface area (Å²) in [7, 11) is 0. The van der Waals surface area contributed by atoms with Crippen LogP contribution >= 0.6 is 22.7 Å². The number of benzene rings is 7. The first-order chi connectivity index (χ1) is 25.2. The average molecular weight is 687 g/mol. The molecule has 51 heavy (non-hydrogen) atoms. The number of hydrogen-bond donors (Lipinski definition) is 0. The zero-order chi connectivity index (χ0) is 33.5. The third-order valence-electron chi connectivity index (χ3n) is 10.0. The van der Waals surface area contributed by atoms with Gasteiger partial charge in [-0.2, -0.15) is 0 Å². The summed E-state index contributed by atoms with van der Waals surface area (Å²) in [6.45, 7) is 0. The van der Waals surface area contributed by atoms with E-state index in [1.54, 1.807) is 11.3 Å². The number of fused-ring (bicyclic) bond motifs is 9. The molecule has 4 aromatic heterocycles. The van der Waals surface area contributed by atoms with Crippen molar-refractivity contribution in [3.05, 3.63) is 158 Å². The molecule has 0 unspecified atom stereocenters. The van der Waals surface area contributed by atoms with Crippen LogP contribution < -0.4 is 0 Å². The molecule has 0 aliphatic heterocycles. The molecule has 238 valence electrons. The predicted octanol–water partition coefficient (Wildman–Crippen LogP) is 13.8. The van der Waals surface area contributed by atoms with Crippen LogP contribution in [0.2, 0.25) is 0 Å². The van der Waals surface area contributed by atoms with Crippen molar-refractivity contribution in [2.24, 2.45) is 0 Å². The summed E-state index contributed by atoms with van der Waals surface area (Å²) in [5, 5.41) is 6.05. The molecule has 0 spiro atoms. The van der Waals surface area contributed by atoms with Crippen LogP contribution in [0.15, 0.2) is 162 Å². The van der Waals surface area contributed by atoms with E-state index >= 15 is 0 Å². The Morgan fingerprint density at radius 1 is 0.451 bits per heavy atom. The molecular formula is C46H26N2OS2. The van der Waals surface area contributed by atoms with Crippen LogP contribution in [0.3, 0.4) is 0 Å². The van der Waals surface area contributed by atoms with Gasteiger partial charge in [0, 0.05) is 52.2 Å². The van der Waals surface area contributed by atoms with Crippen molar-refractivity contribution in [2.75, 3.05) is 0 Å². The van der Waals surface area contributed by atoms with Gasteiger partial charge < -0.3 is 4.42 Å². The van der Waals surface area contributed by atoms with Crippen molar-refractivity contribution in [1.82, 2.24) is 9.97 Å². The lowest BCUT2D eigenvalue weighted by molar-refractivity contribution is 0.670. The summed E-state index contributed by atoms with van der Waals surface area (Å²) in [4.78, 5) is 11.0. The van der Waals surface area contributed by atoms with Gasteiger partial charge >= 0.3 is 0 Å². The molecule has 0 aliphatic carbocycles. The Morgan fingerprint density at radius 2 is 1.10 bits per heavy atom. The fourth-order valence-electron chi connectivity index (χ4n) is 7.47. The van der Waals surface area contributed by atoms with Gasteiger partial charge in [0.05, 0.1) is 11.9 Å². The van der Waals surface area contributed by atoms with E-state index in [-0.39, 0.29) is 0 Å². The summed E-state index contributed by atoms with van der Waals surface area (Å²) in [6, 6.07) is 54.1. The first kappa shape index (κ1) is 28.7. The number of nitrogens with zero attached hydrogens (tertiary/aromatic N) is 2. The highest BCUT2D eigenvalue weighted by Gasteiger charge is 2.15. The minimum atomic E-state index is 0.878. The monoisotopic (exact) mass is 686 g/mol. The summed E-state index contributed by atoms with van der Waals surface area (Å²) in [5.74, 6) is 0. The number of para-hydroxylation sites is 2. The van der Waals surface area contributed by atoms with E-state index in [4.69, 9.17) is 14.4 Å². The molecule has 0 amide bonds. The molecule has 0 bridgehead atoms. The molecule has 0 fully saturated rings. The van der Waals surface area contributed by atoms with Crippen molar-refractivity contribution in [1.29, 1.82) is 0 Å². The Morgan fingerprint density at radius 3 is 1.96 bits per heavy atom. The minimum Gasteiger partial charge on any atom is -0.455 e. The first-order valence-electron chi connectivity index (χ1n) is 17.0. The van der Waals surface area contributed by atoms with E-state index in [2.05, 4.69) is 140 Å². The second-order valence-corrected chi connectivity index (χ2v) is 15.0. The van der Waals surface area contributed by atoms with E-state index < -0.39 is 0 Å². The largest absolute Gasteiger partial charge is 0.455 e. The average Bonchev–Trinajstić information content (AvgIpc) is 3.89. The highest BCUT2D eigenvalue weighted by atomic mass is 32.1. The van der Waals surface area contributed by atoms with E-state index in [1.807, 2.05) is 29.7 Å². The quantitative estimate of drug-likeness (QED) is 0.185. The summed E-state index contributed by atoms with van der Waals surface area (Å²) < 4.78 is 10.1. The zero-order valence-corrected chi connectivity index (χ0v) is 28.8. The Labute approximate surface area is 300 Å². The van der Waals surface area contributed by atoms with Gasteiger partial charge in [0.1, 0.15) is 21.5 Å². The van der Waals surface area contributed by atoms with E-state index in [9.17, 15) is 0 Å². The van der Waals surface area contributed by atoms with Crippen LogP contribution in [0.5, 0.6) is 0 Å². The molecule has 3 nitrogen and oxygen atoms in total. The second-order valence-electron chi connectivity index (χ2n) is 12.9. The van der Waals surface area contributed by atoms with Crippen LogP contribution in [0.4, 0.5) is 0 Å². The van der Waals surface area contributed by atoms with Crippen LogP contribution in [0.25, 0.3) is 107 Å². The van der Waals surface area contributed by atoms with Gasteiger partial charge in [0.25, 0.3) is 0 Å². The predicted molar refractivity (Wildman–Crippen MR) is 217 cm³/mol. The van der Waals surface area contributed by atoms with Crippen LogP contribution in [-0.4, -0.2) is 9.97 Å². The Hall–Kier alpha value is -6.14. The Balaban J connectivity index is 0.932. The SMILES string of the molecule is c1ccc2c(c1)oc1c(-c3ccc(-c4ccc5sc6ncc(-c7ccc(-c8cccc9c8sc8ccccc89)cc7)nc6c5c4)cc3)cccc12. The molecule has 0 N–H and O–H groups in total. The molecule has 5 heteroatoms. The van der Waals surface area contributed by atoms with Gasteiger partial charge in [-0.3, -0.25) is 0 Å². The van der Waals surface area contributed by atoms with Crippen LogP contribution in [0.1, 0.15) is 0 Å².